The first kappa shape index (κ1) is 19.1. The van der Waals surface area contributed by atoms with Crippen molar-refractivity contribution in [2.24, 2.45) is 4.99 Å². The highest BCUT2D eigenvalue weighted by molar-refractivity contribution is 6.31. The van der Waals surface area contributed by atoms with Gasteiger partial charge in [0.1, 0.15) is 5.82 Å². The molecule has 0 bridgehead atoms. The van der Waals surface area contributed by atoms with Crippen molar-refractivity contribution in [3.05, 3.63) is 58.7 Å². The van der Waals surface area contributed by atoms with Gasteiger partial charge < -0.3 is 15.5 Å². The number of nitrogens with zero attached hydrogens (tertiary/aromatic N) is 3. The van der Waals surface area contributed by atoms with Gasteiger partial charge in [-0.3, -0.25) is 0 Å². The fourth-order valence-corrected chi connectivity index (χ4v) is 2.55. The van der Waals surface area contributed by atoms with Crippen molar-refractivity contribution < 1.29 is 0 Å². The average molecular weight is 360 g/mol. The first-order chi connectivity index (χ1) is 12.1. The Kier molecular flexibility index (Phi) is 7.54. The van der Waals surface area contributed by atoms with Gasteiger partial charge in [-0.15, -0.1) is 0 Å². The molecule has 0 saturated carbocycles. The van der Waals surface area contributed by atoms with Crippen molar-refractivity contribution in [3.63, 3.8) is 0 Å². The Morgan fingerprint density at radius 3 is 2.64 bits per heavy atom. The van der Waals surface area contributed by atoms with Crippen LogP contribution in [0, 0.1) is 0 Å². The van der Waals surface area contributed by atoms with Crippen LogP contribution in [0.15, 0.2) is 47.5 Å². The molecule has 0 fully saturated rings. The maximum Gasteiger partial charge on any atom is 0.191 e. The molecule has 0 saturated heterocycles. The molecule has 0 spiro atoms. The highest BCUT2D eigenvalue weighted by Gasteiger charge is 2.02. The predicted molar refractivity (Wildman–Crippen MR) is 107 cm³/mol. The van der Waals surface area contributed by atoms with E-state index in [0.29, 0.717) is 6.54 Å². The third-order valence-corrected chi connectivity index (χ3v) is 4.01. The smallest absolute Gasteiger partial charge is 0.191 e. The predicted octanol–water partition coefficient (Wildman–Crippen LogP) is 3.10. The third-order valence-electron chi connectivity index (χ3n) is 3.64. The van der Waals surface area contributed by atoms with Crippen molar-refractivity contribution >= 4 is 23.4 Å². The first-order valence-corrected chi connectivity index (χ1v) is 8.86. The van der Waals surface area contributed by atoms with Crippen LogP contribution in [0.25, 0.3) is 0 Å². The van der Waals surface area contributed by atoms with Crippen molar-refractivity contribution in [1.29, 1.82) is 0 Å². The van der Waals surface area contributed by atoms with Gasteiger partial charge in [0.25, 0.3) is 0 Å². The lowest BCUT2D eigenvalue weighted by molar-refractivity contribution is 0.796. The number of guanidine groups is 1. The van der Waals surface area contributed by atoms with Crippen LogP contribution in [0.1, 0.15) is 18.2 Å². The number of aromatic nitrogens is 1. The molecular weight excluding hydrogens is 334 g/mol. The quantitative estimate of drug-likeness (QED) is 0.589. The van der Waals surface area contributed by atoms with Crippen LogP contribution in [0.4, 0.5) is 5.82 Å². The highest BCUT2D eigenvalue weighted by atomic mass is 35.5. The van der Waals surface area contributed by atoms with E-state index >= 15 is 0 Å². The van der Waals surface area contributed by atoms with Gasteiger partial charge in [-0.05, 0) is 37.1 Å². The van der Waals surface area contributed by atoms with Crippen LogP contribution in [0.5, 0.6) is 0 Å². The van der Waals surface area contributed by atoms with Crippen LogP contribution in [-0.2, 0) is 13.0 Å². The van der Waals surface area contributed by atoms with Crippen LogP contribution in [-0.4, -0.2) is 38.1 Å². The van der Waals surface area contributed by atoms with Gasteiger partial charge in [0, 0.05) is 32.2 Å². The molecule has 1 aromatic carbocycles. The van der Waals surface area contributed by atoms with E-state index in [1.54, 1.807) is 0 Å². The molecule has 1 aromatic heterocycles. The summed E-state index contributed by atoms with van der Waals surface area (Å²) in [6, 6.07) is 13.9. The molecule has 0 amide bonds. The van der Waals surface area contributed by atoms with E-state index in [1.165, 1.54) is 0 Å². The van der Waals surface area contributed by atoms with E-state index in [0.717, 1.165) is 47.6 Å². The number of aliphatic imine (C=N–C) groups is 1. The molecule has 6 heteroatoms. The Balaban J connectivity index is 1.94. The molecule has 2 N–H and O–H groups in total. The summed E-state index contributed by atoms with van der Waals surface area (Å²) in [6.45, 7) is 4.16. The molecule has 2 aromatic rings. The molecule has 0 atom stereocenters. The fraction of sp³-hybridized carbons (Fsp3) is 0.368. The van der Waals surface area contributed by atoms with E-state index in [9.17, 15) is 0 Å². The maximum atomic E-state index is 6.20. The maximum absolute atomic E-state index is 6.20. The van der Waals surface area contributed by atoms with Gasteiger partial charge in [-0.1, -0.05) is 35.9 Å². The van der Waals surface area contributed by atoms with Crippen molar-refractivity contribution in [2.75, 3.05) is 32.1 Å². The summed E-state index contributed by atoms with van der Waals surface area (Å²) in [5.41, 5.74) is 2.07. The SMILES string of the molecule is CCNC(=NCc1cccc(N(C)C)n1)NCCc1ccccc1Cl. The lowest BCUT2D eigenvalue weighted by Gasteiger charge is -2.13. The number of benzene rings is 1. The molecule has 0 unspecified atom stereocenters. The largest absolute Gasteiger partial charge is 0.363 e. The van der Waals surface area contributed by atoms with Gasteiger partial charge >= 0.3 is 0 Å². The second-order valence-electron chi connectivity index (χ2n) is 5.84. The Labute approximate surface area is 155 Å². The van der Waals surface area contributed by atoms with Gasteiger partial charge in [-0.25, -0.2) is 9.98 Å². The van der Waals surface area contributed by atoms with E-state index < -0.39 is 0 Å². The van der Waals surface area contributed by atoms with Crippen LogP contribution in [0.3, 0.4) is 0 Å². The molecular formula is C19H26ClN5. The van der Waals surface area contributed by atoms with Gasteiger partial charge in [0.15, 0.2) is 5.96 Å². The molecule has 134 valence electrons. The Morgan fingerprint density at radius 1 is 1.12 bits per heavy atom. The second-order valence-corrected chi connectivity index (χ2v) is 6.25. The van der Waals surface area contributed by atoms with E-state index in [-0.39, 0.29) is 0 Å². The lowest BCUT2D eigenvalue weighted by Crippen LogP contribution is -2.38. The van der Waals surface area contributed by atoms with Crippen LogP contribution in [0.2, 0.25) is 5.02 Å². The summed E-state index contributed by atoms with van der Waals surface area (Å²) in [4.78, 5) is 11.2. The van der Waals surface area contributed by atoms with E-state index in [1.807, 2.05) is 61.5 Å². The standard InChI is InChI=1S/C19H26ClN5/c1-4-21-19(22-13-12-15-8-5-6-10-17(15)20)23-14-16-9-7-11-18(24-16)25(2)3/h5-11H,4,12-14H2,1-3H3,(H2,21,22,23). The van der Waals surface area contributed by atoms with Gasteiger partial charge in [-0.2, -0.15) is 0 Å². The monoisotopic (exact) mass is 359 g/mol. The zero-order valence-electron chi connectivity index (χ0n) is 15.1. The van der Waals surface area contributed by atoms with Gasteiger partial charge in [0.05, 0.1) is 12.2 Å². The number of anilines is 1. The minimum atomic E-state index is 0.531. The molecule has 0 aliphatic heterocycles. The van der Waals surface area contributed by atoms with Crippen molar-refractivity contribution in [3.8, 4) is 0 Å². The summed E-state index contributed by atoms with van der Waals surface area (Å²) in [5, 5.41) is 7.41. The zero-order chi connectivity index (χ0) is 18.1. The molecule has 5 nitrogen and oxygen atoms in total. The highest BCUT2D eigenvalue weighted by Crippen LogP contribution is 2.14. The number of halogens is 1. The topological polar surface area (TPSA) is 52.6 Å². The number of hydrogen-bond acceptors (Lipinski definition) is 3. The van der Waals surface area contributed by atoms with Gasteiger partial charge in [0.2, 0.25) is 0 Å². The van der Waals surface area contributed by atoms with Crippen molar-refractivity contribution in [2.45, 2.75) is 19.9 Å². The minimum absolute atomic E-state index is 0.531. The number of pyridine rings is 1. The number of nitrogens with one attached hydrogen (secondary N) is 2. The average Bonchev–Trinajstić information content (AvgIpc) is 2.61. The fourth-order valence-electron chi connectivity index (χ4n) is 2.32. The minimum Gasteiger partial charge on any atom is -0.363 e. The second kappa shape index (κ2) is 9.89. The summed E-state index contributed by atoms with van der Waals surface area (Å²) < 4.78 is 0. The van der Waals surface area contributed by atoms with E-state index in [4.69, 9.17) is 11.6 Å². The Bertz CT molecular complexity index is 700. The molecule has 2 rings (SSSR count). The number of hydrogen-bond donors (Lipinski definition) is 2. The molecule has 0 aliphatic carbocycles. The third kappa shape index (κ3) is 6.27. The summed E-state index contributed by atoms with van der Waals surface area (Å²) in [5.74, 6) is 1.72. The lowest BCUT2D eigenvalue weighted by atomic mass is 10.1. The summed E-state index contributed by atoms with van der Waals surface area (Å²) in [7, 11) is 3.96. The van der Waals surface area contributed by atoms with E-state index in [2.05, 4.69) is 27.5 Å². The molecule has 25 heavy (non-hydrogen) atoms. The van der Waals surface area contributed by atoms with Crippen LogP contribution >= 0.6 is 11.6 Å². The Morgan fingerprint density at radius 2 is 1.92 bits per heavy atom. The first-order valence-electron chi connectivity index (χ1n) is 8.49. The Hall–Kier alpha value is -2.27. The van der Waals surface area contributed by atoms with Crippen LogP contribution < -0.4 is 15.5 Å². The molecule has 0 radical (unpaired) electrons. The number of rotatable bonds is 7. The summed E-state index contributed by atoms with van der Waals surface area (Å²) >= 11 is 6.20. The molecule has 0 aliphatic rings. The molecule has 1 heterocycles. The normalized spacial score (nSPS) is 11.3. The van der Waals surface area contributed by atoms with Crippen molar-refractivity contribution in [1.82, 2.24) is 15.6 Å². The summed E-state index contributed by atoms with van der Waals surface area (Å²) in [6.07, 6.45) is 0.846. The zero-order valence-corrected chi connectivity index (χ0v) is 15.8.